The summed E-state index contributed by atoms with van der Waals surface area (Å²) in [5.41, 5.74) is 7.70. The Kier molecular flexibility index (Phi) is 3.57. The quantitative estimate of drug-likeness (QED) is 0.827. The smallest absolute Gasteiger partial charge is 0.154 e. The van der Waals surface area contributed by atoms with Gasteiger partial charge in [0.1, 0.15) is 0 Å². The van der Waals surface area contributed by atoms with Crippen LogP contribution in [0, 0.1) is 0 Å². The fraction of sp³-hybridized carbons (Fsp3) is 0.417. The van der Waals surface area contributed by atoms with Crippen LogP contribution in [0.3, 0.4) is 0 Å². The number of rotatable bonds is 5. The van der Waals surface area contributed by atoms with Crippen molar-refractivity contribution in [3.8, 4) is 0 Å². The fourth-order valence-corrected chi connectivity index (χ4v) is 1.81. The first-order chi connectivity index (χ1) is 8.56. The topological polar surface area (TPSA) is 78.7 Å². The fourth-order valence-electron chi connectivity index (χ4n) is 1.81. The summed E-state index contributed by atoms with van der Waals surface area (Å²) in [4.78, 5) is 11.9. The number of carbonyl (C=O) groups is 1. The lowest BCUT2D eigenvalue weighted by molar-refractivity contribution is -0.120. The predicted molar refractivity (Wildman–Crippen MR) is 66.7 cm³/mol. The van der Waals surface area contributed by atoms with Gasteiger partial charge in [-0.1, -0.05) is 0 Å². The van der Waals surface area contributed by atoms with Gasteiger partial charge in [-0.2, -0.15) is 10.2 Å². The lowest BCUT2D eigenvalue weighted by Gasteiger charge is -2.07. The van der Waals surface area contributed by atoms with E-state index in [9.17, 15) is 4.79 Å². The van der Waals surface area contributed by atoms with Crippen molar-refractivity contribution in [2.75, 3.05) is 0 Å². The van der Waals surface area contributed by atoms with Gasteiger partial charge in [-0.15, -0.1) is 0 Å². The van der Waals surface area contributed by atoms with Gasteiger partial charge < -0.3 is 5.73 Å². The zero-order valence-electron chi connectivity index (χ0n) is 10.6. The highest BCUT2D eigenvalue weighted by atomic mass is 16.1. The van der Waals surface area contributed by atoms with E-state index in [4.69, 9.17) is 5.73 Å². The monoisotopic (exact) mass is 247 g/mol. The average Bonchev–Trinajstić information content (AvgIpc) is 2.94. The normalized spacial score (nSPS) is 12.6. The molecular formula is C12H17N5O. The summed E-state index contributed by atoms with van der Waals surface area (Å²) in [5, 5.41) is 8.07. The highest BCUT2D eigenvalue weighted by molar-refractivity contribution is 5.85. The van der Waals surface area contributed by atoms with Gasteiger partial charge in [0.25, 0.3) is 0 Å². The summed E-state index contributed by atoms with van der Waals surface area (Å²) >= 11 is 0. The largest absolute Gasteiger partial charge is 0.318 e. The van der Waals surface area contributed by atoms with Gasteiger partial charge in [0.15, 0.2) is 5.78 Å². The molecule has 2 rings (SSSR count). The van der Waals surface area contributed by atoms with Crippen molar-refractivity contribution >= 4 is 5.78 Å². The number of hydrogen-bond acceptors (Lipinski definition) is 4. The Labute approximate surface area is 105 Å². The molecule has 1 unspecified atom stereocenters. The number of carbonyl (C=O) groups excluding carboxylic acids is 1. The standard InChI is InChI=1S/C12H17N5O/c1-16-7-9(5-14-16)3-4-11(18)12(13)10-6-15-17(2)8-10/h5-8,12H,3-4,13H2,1-2H3. The average molecular weight is 247 g/mol. The Bertz CT molecular complexity index is 542. The number of nitrogens with two attached hydrogens (primary N) is 1. The molecule has 0 aromatic carbocycles. The second kappa shape index (κ2) is 5.14. The van der Waals surface area contributed by atoms with Crippen molar-refractivity contribution in [3.05, 3.63) is 35.9 Å². The Hall–Kier alpha value is -1.95. The molecule has 0 aliphatic heterocycles. The molecule has 0 amide bonds. The van der Waals surface area contributed by atoms with E-state index in [1.807, 2.05) is 13.2 Å². The molecule has 0 spiro atoms. The molecule has 2 N–H and O–H groups in total. The number of aryl methyl sites for hydroxylation is 3. The Morgan fingerprint density at radius 3 is 2.50 bits per heavy atom. The zero-order valence-corrected chi connectivity index (χ0v) is 10.6. The maximum atomic E-state index is 11.9. The van der Waals surface area contributed by atoms with Crippen LogP contribution < -0.4 is 5.73 Å². The Morgan fingerprint density at radius 2 is 1.94 bits per heavy atom. The molecule has 0 saturated heterocycles. The van der Waals surface area contributed by atoms with E-state index in [0.717, 1.165) is 11.1 Å². The summed E-state index contributed by atoms with van der Waals surface area (Å²) in [6.07, 6.45) is 8.16. The summed E-state index contributed by atoms with van der Waals surface area (Å²) < 4.78 is 3.37. The van der Waals surface area contributed by atoms with E-state index < -0.39 is 6.04 Å². The van der Waals surface area contributed by atoms with Gasteiger partial charge in [-0.05, 0) is 12.0 Å². The third kappa shape index (κ3) is 2.84. The van der Waals surface area contributed by atoms with Crippen LogP contribution in [0.2, 0.25) is 0 Å². The van der Waals surface area contributed by atoms with Crippen LogP contribution in [-0.2, 0) is 25.3 Å². The van der Waals surface area contributed by atoms with Crippen LogP contribution in [-0.4, -0.2) is 25.3 Å². The molecule has 0 aliphatic carbocycles. The van der Waals surface area contributed by atoms with Crippen LogP contribution in [0.1, 0.15) is 23.6 Å². The highest BCUT2D eigenvalue weighted by Gasteiger charge is 2.17. The maximum absolute atomic E-state index is 11.9. The summed E-state index contributed by atoms with van der Waals surface area (Å²) in [6, 6.07) is -0.588. The Morgan fingerprint density at radius 1 is 1.28 bits per heavy atom. The maximum Gasteiger partial charge on any atom is 0.154 e. The minimum atomic E-state index is -0.588. The van der Waals surface area contributed by atoms with E-state index in [1.54, 1.807) is 35.0 Å². The van der Waals surface area contributed by atoms with Gasteiger partial charge in [-0.3, -0.25) is 14.2 Å². The molecule has 0 fully saturated rings. The molecular weight excluding hydrogens is 230 g/mol. The van der Waals surface area contributed by atoms with E-state index in [2.05, 4.69) is 10.2 Å². The number of aromatic nitrogens is 4. The second-order valence-corrected chi connectivity index (χ2v) is 4.41. The van der Waals surface area contributed by atoms with Gasteiger partial charge in [0.2, 0.25) is 0 Å². The van der Waals surface area contributed by atoms with Gasteiger partial charge in [0.05, 0.1) is 18.4 Å². The molecule has 0 bridgehead atoms. The van der Waals surface area contributed by atoms with Gasteiger partial charge >= 0.3 is 0 Å². The minimum Gasteiger partial charge on any atom is -0.318 e. The molecule has 2 aromatic rings. The van der Waals surface area contributed by atoms with Crippen molar-refractivity contribution in [3.63, 3.8) is 0 Å². The predicted octanol–water partition coefficient (Wildman–Crippen LogP) is 0.355. The van der Waals surface area contributed by atoms with Crippen LogP contribution in [0.25, 0.3) is 0 Å². The van der Waals surface area contributed by atoms with E-state index in [0.29, 0.717) is 12.8 Å². The summed E-state index contributed by atoms with van der Waals surface area (Å²) in [6.45, 7) is 0. The SMILES string of the molecule is Cn1cc(CCC(=O)C(N)c2cnn(C)c2)cn1. The summed E-state index contributed by atoms with van der Waals surface area (Å²) in [7, 11) is 3.66. The molecule has 0 saturated carbocycles. The molecule has 6 nitrogen and oxygen atoms in total. The molecule has 0 aliphatic rings. The first-order valence-corrected chi connectivity index (χ1v) is 5.80. The second-order valence-electron chi connectivity index (χ2n) is 4.41. The Balaban J connectivity index is 1.92. The van der Waals surface area contributed by atoms with Crippen molar-refractivity contribution in [1.29, 1.82) is 0 Å². The molecule has 0 radical (unpaired) electrons. The first kappa shape index (κ1) is 12.5. The van der Waals surface area contributed by atoms with E-state index >= 15 is 0 Å². The van der Waals surface area contributed by atoms with Crippen LogP contribution in [0.5, 0.6) is 0 Å². The van der Waals surface area contributed by atoms with Crippen LogP contribution >= 0.6 is 0 Å². The zero-order chi connectivity index (χ0) is 13.1. The van der Waals surface area contributed by atoms with Crippen molar-refractivity contribution in [2.24, 2.45) is 19.8 Å². The van der Waals surface area contributed by atoms with E-state index in [-0.39, 0.29) is 5.78 Å². The molecule has 2 aromatic heterocycles. The molecule has 1 atom stereocenters. The minimum absolute atomic E-state index is 0.0202. The van der Waals surface area contributed by atoms with E-state index in [1.165, 1.54) is 0 Å². The highest BCUT2D eigenvalue weighted by Crippen LogP contribution is 2.13. The van der Waals surface area contributed by atoms with Crippen molar-refractivity contribution in [1.82, 2.24) is 19.6 Å². The molecule has 18 heavy (non-hydrogen) atoms. The van der Waals surface area contributed by atoms with Gasteiger partial charge in [0, 0.05) is 38.5 Å². The number of hydrogen-bond donors (Lipinski definition) is 1. The molecule has 96 valence electrons. The lowest BCUT2D eigenvalue weighted by Crippen LogP contribution is -2.21. The lowest BCUT2D eigenvalue weighted by atomic mass is 10.0. The van der Waals surface area contributed by atoms with Gasteiger partial charge in [-0.25, -0.2) is 0 Å². The first-order valence-electron chi connectivity index (χ1n) is 5.80. The third-order valence-electron chi connectivity index (χ3n) is 2.85. The number of ketones is 1. The van der Waals surface area contributed by atoms with Crippen molar-refractivity contribution in [2.45, 2.75) is 18.9 Å². The number of nitrogens with zero attached hydrogens (tertiary/aromatic N) is 4. The van der Waals surface area contributed by atoms with Crippen molar-refractivity contribution < 1.29 is 4.79 Å². The molecule has 6 heteroatoms. The van der Waals surface area contributed by atoms with Crippen LogP contribution in [0.4, 0.5) is 0 Å². The third-order valence-corrected chi connectivity index (χ3v) is 2.85. The summed E-state index contributed by atoms with van der Waals surface area (Å²) in [5.74, 6) is 0.0202. The number of Topliss-reactive ketones (excluding diaryl/α,β-unsaturated/α-hetero) is 1. The molecule has 2 heterocycles. The van der Waals surface area contributed by atoms with Crippen LogP contribution in [0.15, 0.2) is 24.8 Å².